The largest absolute Gasteiger partial charge is 0.415 e. The summed E-state index contributed by atoms with van der Waals surface area (Å²) in [5.74, 6) is 0.217. The van der Waals surface area contributed by atoms with Crippen LogP contribution in [-0.4, -0.2) is 38.8 Å². The zero-order valence-corrected chi connectivity index (χ0v) is 14.3. The minimum Gasteiger partial charge on any atom is -0.408 e. The van der Waals surface area contributed by atoms with Gasteiger partial charge in [0.2, 0.25) is 10.0 Å². The number of anilines is 1. The zero-order chi connectivity index (χ0) is 17.2. The molecule has 1 aliphatic rings. The van der Waals surface area contributed by atoms with Crippen molar-refractivity contribution < 1.29 is 17.9 Å². The summed E-state index contributed by atoms with van der Waals surface area (Å²) in [7, 11) is -3.51. The number of fused-ring (bicyclic) bond motifs is 1. The lowest BCUT2D eigenvalue weighted by Crippen LogP contribution is -2.37. The first-order valence-electron chi connectivity index (χ1n) is 7.90. The Morgan fingerprint density at radius 1 is 1.08 bits per heavy atom. The molecule has 0 saturated carbocycles. The van der Waals surface area contributed by atoms with Gasteiger partial charge in [0.05, 0.1) is 11.9 Å². The van der Waals surface area contributed by atoms with Crippen LogP contribution in [0.1, 0.15) is 19.3 Å². The zero-order valence-electron chi connectivity index (χ0n) is 13.5. The van der Waals surface area contributed by atoms with Crippen LogP contribution < -0.4 is 9.46 Å². The standard InChI is InChI=1S/C17H20N2O4S/c1-24(21,22)18-16-14-8-4-3-7-13(14)9-10-15(16)23-17(20)19-11-5-2-6-12-19/h3-4,7-10,18H,2,5-6,11-12H2,1H3. The average Bonchev–Trinajstić information content (AvgIpc) is 2.56. The molecule has 1 fully saturated rings. The Bertz CT molecular complexity index is 858. The fourth-order valence-corrected chi connectivity index (χ4v) is 3.44. The molecule has 0 atom stereocenters. The SMILES string of the molecule is CS(=O)(=O)Nc1c(OC(=O)N2CCCCC2)ccc2ccccc12. The molecule has 2 aromatic carbocycles. The van der Waals surface area contributed by atoms with Crippen molar-refractivity contribution in [1.29, 1.82) is 0 Å². The summed E-state index contributed by atoms with van der Waals surface area (Å²) in [5, 5.41) is 1.55. The second-order valence-electron chi connectivity index (χ2n) is 5.95. The number of benzene rings is 2. The first-order valence-corrected chi connectivity index (χ1v) is 9.79. The summed E-state index contributed by atoms with van der Waals surface area (Å²) in [6, 6.07) is 10.8. The summed E-state index contributed by atoms with van der Waals surface area (Å²) in [6.45, 7) is 1.34. The molecule has 1 N–H and O–H groups in total. The van der Waals surface area contributed by atoms with Gasteiger partial charge in [0.25, 0.3) is 0 Å². The van der Waals surface area contributed by atoms with Crippen LogP contribution in [0.4, 0.5) is 10.5 Å². The number of carbonyl (C=O) groups excluding carboxylic acids is 1. The smallest absolute Gasteiger partial charge is 0.408 e. The van der Waals surface area contributed by atoms with Crippen LogP contribution in [0.2, 0.25) is 0 Å². The molecule has 6 nitrogen and oxygen atoms in total. The number of amides is 1. The van der Waals surface area contributed by atoms with E-state index in [1.54, 1.807) is 17.0 Å². The van der Waals surface area contributed by atoms with E-state index in [4.69, 9.17) is 4.74 Å². The predicted octanol–water partition coefficient (Wildman–Crippen LogP) is 3.20. The van der Waals surface area contributed by atoms with Gasteiger partial charge in [0.1, 0.15) is 0 Å². The van der Waals surface area contributed by atoms with Gasteiger partial charge >= 0.3 is 6.09 Å². The van der Waals surface area contributed by atoms with E-state index >= 15 is 0 Å². The third-order valence-corrected chi connectivity index (χ3v) is 4.56. The van der Waals surface area contributed by atoms with Crippen molar-refractivity contribution in [3.05, 3.63) is 36.4 Å². The molecule has 128 valence electrons. The summed E-state index contributed by atoms with van der Waals surface area (Å²) >= 11 is 0. The van der Waals surface area contributed by atoms with Crippen molar-refractivity contribution in [3.8, 4) is 5.75 Å². The Morgan fingerprint density at radius 3 is 2.50 bits per heavy atom. The molecule has 24 heavy (non-hydrogen) atoms. The molecule has 2 aromatic rings. The van der Waals surface area contributed by atoms with Crippen LogP contribution in [0.5, 0.6) is 5.75 Å². The van der Waals surface area contributed by atoms with Crippen molar-refractivity contribution in [2.24, 2.45) is 0 Å². The number of ether oxygens (including phenoxy) is 1. The first-order chi connectivity index (χ1) is 11.4. The molecule has 0 aromatic heterocycles. The quantitative estimate of drug-likeness (QED) is 0.924. The van der Waals surface area contributed by atoms with Crippen LogP contribution in [0.3, 0.4) is 0 Å². The minimum absolute atomic E-state index is 0.217. The summed E-state index contributed by atoms with van der Waals surface area (Å²) in [4.78, 5) is 14.0. The number of piperidine rings is 1. The van der Waals surface area contributed by atoms with E-state index in [0.29, 0.717) is 24.2 Å². The molecule has 1 aliphatic heterocycles. The maximum absolute atomic E-state index is 12.3. The van der Waals surface area contributed by atoms with E-state index < -0.39 is 16.1 Å². The van der Waals surface area contributed by atoms with E-state index in [1.165, 1.54) is 0 Å². The van der Waals surface area contributed by atoms with E-state index in [9.17, 15) is 13.2 Å². The van der Waals surface area contributed by atoms with Crippen molar-refractivity contribution >= 4 is 32.6 Å². The maximum Gasteiger partial charge on any atom is 0.415 e. The molecule has 1 saturated heterocycles. The lowest BCUT2D eigenvalue weighted by atomic mass is 10.1. The van der Waals surface area contributed by atoms with Crippen LogP contribution >= 0.6 is 0 Å². The topological polar surface area (TPSA) is 75.7 Å². The Balaban J connectivity index is 1.97. The van der Waals surface area contributed by atoms with Gasteiger partial charge in [-0.3, -0.25) is 4.72 Å². The second-order valence-corrected chi connectivity index (χ2v) is 7.70. The normalized spacial score (nSPS) is 15.3. The van der Waals surface area contributed by atoms with Crippen LogP contribution in [0.25, 0.3) is 10.8 Å². The van der Waals surface area contributed by atoms with Crippen LogP contribution in [-0.2, 0) is 10.0 Å². The molecule has 0 aliphatic carbocycles. The first kappa shape index (κ1) is 16.6. The van der Waals surface area contributed by atoms with E-state index in [-0.39, 0.29) is 5.75 Å². The van der Waals surface area contributed by atoms with Gasteiger partial charge in [-0.05, 0) is 30.7 Å². The lowest BCUT2D eigenvalue weighted by Gasteiger charge is -2.26. The van der Waals surface area contributed by atoms with Crippen molar-refractivity contribution in [1.82, 2.24) is 4.90 Å². The minimum atomic E-state index is -3.51. The third kappa shape index (κ3) is 3.79. The van der Waals surface area contributed by atoms with E-state index in [1.807, 2.05) is 24.3 Å². The number of sulfonamides is 1. The highest BCUT2D eigenvalue weighted by Gasteiger charge is 2.21. The molecule has 1 amide bonds. The highest BCUT2D eigenvalue weighted by atomic mass is 32.2. The van der Waals surface area contributed by atoms with Gasteiger partial charge in [-0.15, -0.1) is 0 Å². The number of nitrogens with zero attached hydrogens (tertiary/aromatic N) is 1. The third-order valence-electron chi connectivity index (χ3n) is 3.99. The Kier molecular flexibility index (Phi) is 4.62. The molecular formula is C17H20N2O4S. The fraction of sp³-hybridized carbons (Fsp3) is 0.353. The number of rotatable bonds is 3. The second kappa shape index (κ2) is 6.68. The highest BCUT2D eigenvalue weighted by molar-refractivity contribution is 7.92. The molecule has 7 heteroatoms. The predicted molar refractivity (Wildman–Crippen MR) is 93.9 cm³/mol. The molecular weight excluding hydrogens is 328 g/mol. The van der Waals surface area contributed by atoms with Gasteiger partial charge < -0.3 is 9.64 Å². The molecule has 0 spiro atoms. The maximum atomic E-state index is 12.3. The van der Waals surface area contributed by atoms with Gasteiger partial charge in [-0.1, -0.05) is 30.3 Å². The summed E-state index contributed by atoms with van der Waals surface area (Å²) in [6.07, 6.45) is 3.66. The Hall–Kier alpha value is -2.28. The lowest BCUT2D eigenvalue weighted by molar-refractivity contribution is 0.143. The molecule has 1 heterocycles. The molecule has 3 rings (SSSR count). The van der Waals surface area contributed by atoms with E-state index in [0.717, 1.165) is 30.9 Å². The van der Waals surface area contributed by atoms with Gasteiger partial charge in [0.15, 0.2) is 5.75 Å². The highest BCUT2D eigenvalue weighted by Crippen LogP contribution is 2.34. The van der Waals surface area contributed by atoms with Gasteiger partial charge in [-0.2, -0.15) is 0 Å². The van der Waals surface area contributed by atoms with Crippen molar-refractivity contribution in [3.63, 3.8) is 0 Å². The summed E-state index contributed by atoms with van der Waals surface area (Å²) in [5.41, 5.74) is 0.293. The monoisotopic (exact) mass is 348 g/mol. The van der Waals surface area contributed by atoms with Crippen LogP contribution in [0, 0.1) is 0 Å². The van der Waals surface area contributed by atoms with Gasteiger partial charge in [-0.25, -0.2) is 13.2 Å². The van der Waals surface area contributed by atoms with E-state index in [2.05, 4.69) is 4.72 Å². The Morgan fingerprint density at radius 2 is 1.79 bits per heavy atom. The number of hydrogen-bond donors (Lipinski definition) is 1. The molecule has 0 radical (unpaired) electrons. The number of nitrogens with one attached hydrogen (secondary N) is 1. The number of carbonyl (C=O) groups is 1. The number of likely N-dealkylation sites (tertiary alicyclic amines) is 1. The van der Waals surface area contributed by atoms with Crippen LogP contribution in [0.15, 0.2) is 36.4 Å². The fourth-order valence-electron chi connectivity index (χ4n) is 2.86. The van der Waals surface area contributed by atoms with Crippen molar-refractivity contribution in [2.45, 2.75) is 19.3 Å². The van der Waals surface area contributed by atoms with Gasteiger partial charge in [0, 0.05) is 18.5 Å². The molecule has 0 unspecified atom stereocenters. The Labute approximate surface area is 141 Å². The molecule has 0 bridgehead atoms. The average molecular weight is 348 g/mol. The van der Waals surface area contributed by atoms with Crippen molar-refractivity contribution in [2.75, 3.05) is 24.1 Å². The number of hydrogen-bond acceptors (Lipinski definition) is 4. The summed E-state index contributed by atoms with van der Waals surface area (Å²) < 4.78 is 31.4.